The molecule has 0 radical (unpaired) electrons. The van der Waals surface area contributed by atoms with Gasteiger partial charge in [0, 0.05) is 28.5 Å². The van der Waals surface area contributed by atoms with Gasteiger partial charge in [0.1, 0.15) is 0 Å². The van der Waals surface area contributed by atoms with Crippen LogP contribution in [0.15, 0.2) is 12.1 Å². The Morgan fingerprint density at radius 2 is 1.64 bits per heavy atom. The molecule has 1 aliphatic carbocycles. The number of nitrogens with two attached hydrogens (primary N) is 1. The van der Waals surface area contributed by atoms with Gasteiger partial charge in [0.15, 0.2) is 11.5 Å². The molecule has 3 rings (SSSR count). The second-order valence-corrected chi connectivity index (χ2v) is 7.97. The molecule has 3 nitrogen and oxygen atoms in total. The van der Waals surface area contributed by atoms with Crippen LogP contribution in [0.4, 0.5) is 0 Å². The summed E-state index contributed by atoms with van der Waals surface area (Å²) in [5, 5.41) is 0.759. The lowest BCUT2D eigenvalue weighted by Gasteiger charge is -2.37. The van der Waals surface area contributed by atoms with Gasteiger partial charge in [-0.15, -0.1) is 0 Å². The number of rotatable bonds is 2. The van der Waals surface area contributed by atoms with Gasteiger partial charge in [-0.1, -0.05) is 44.7 Å². The van der Waals surface area contributed by atoms with Gasteiger partial charge in [-0.3, -0.25) is 0 Å². The predicted octanol–water partition coefficient (Wildman–Crippen LogP) is 4.30. The van der Waals surface area contributed by atoms with Crippen LogP contribution in [0, 0.1) is 5.41 Å². The molecule has 22 heavy (non-hydrogen) atoms. The summed E-state index contributed by atoms with van der Waals surface area (Å²) in [5.74, 6) is 1.56. The summed E-state index contributed by atoms with van der Waals surface area (Å²) in [7, 11) is 0. The summed E-state index contributed by atoms with van der Waals surface area (Å²) in [6.45, 7) is 6.21. The molecule has 2 N–H and O–H groups in total. The maximum atomic E-state index is 6.60. The van der Waals surface area contributed by atoms with E-state index in [1.54, 1.807) is 0 Å². The molecule has 0 saturated heterocycles. The summed E-state index contributed by atoms with van der Waals surface area (Å²) >= 11 is 6.60. The average Bonchev–Trinajstić information content (AvgIpc) is 2.66. The summed E-state index contributed by atoms with van der Waals surface area (Å²) in [5.41, 5.74) is 7.29. The first kappa shape index (κ1) is 15.9. The minimum absolute atomic E-state index is 0.00204. The Morgan fingerprint density at radius 3 is 2.23 bits per heavy atom. The molecule has 122 valence electrons. The van der Waals surface area contributed by atoms with Crippen LogP contribution in [-0.4, -0.2) is 19.8 Å². The number of ether oxygens (including phenoxy) is 2. The third-order valence-corrected chi connectivity index (χ3v) is 5.36. The lowest BCUT2D eigenvalue weighted by Crippen LogP contribution is -2.37. The van der Waals surface area contributed by atoms with Crippen molar-refractivity contribution in [2.75, 3.05) is 19.8 Å². The number of benzene rings is 1. The van der Waals surface area contributed by atoms with Gasteiger partial charge in [-0.25, -0.2) is 0 Å². The number of fused-ring (bicyclic) bond motifs is 1. The Kier molecular flexibility index (Phi) is 4.30. The fourth-order valence-corrected chi connectivity index (χ4v) is 3.92. The van der Waals surface area contributed by atoms with Crippen LogP contribution in [-0.2, 0) is 5.41 Å². The van der Waals surface area contributed by atoms with Crippen molar-refractivity contribution >= 4 is 11.6 Å². The van der Waals surface area contributed by atoms with E-state index < -0.39 is 0 Å². The highest BCUT2D eigenvalue weighted by atomic mass is 35.5. The zero-order valence-electron chi connectivity index (χ0n) is 13.6. The van der Waals surface area contributed by atoms with Gasteiger partial charge in [-0.2, -0.15) is 0 Å². The van der Waals surface area contributed by atoms with Gasteiger partial charge in [0.25, 0.3) is 0 Å². The first-order chi connectivity index (χ1) is 10.5. The first-order valence-corrected chi connectivity index (χ1v) is 8.63. The van der Waals surface area contributed by atoms with Crippen molar-refractivity contribution in [2.24, 2.45) is 11.1 Å². The van der Waals surface area contributed by atoms with E-state index in [2.05, 4.69) is 19.9 Å². The molecule has 0 bridgehead atoms. The zero-order chi connectivity index (χ0) is 15.8. The van der Waals surface area contributed by atoms with E-state index in [-0.39, 0.29) is 10.8 Å². The molecule has 1 aliphatic heterocycles. The third-order valence-electron chi connectivity index (χ3n) is 5.04. The van der Waals surface area contributed by atoms with Crippen molar-refractivity contribution in [2.45, 2.75) is 51.4 Å². The van der Waals surface area contributed by atoms with E-state index in [1.807, 2.05) is 6.07 Å². The summed E-state index contributed by atoms with van der Waals surface area (Å²) in [6, 6.07) is 4.00. The zero-order valence-corrected chi connectivity index (χ0v) is 14.3. The highest BCUT2D eigenvalue weighted by Gasteiger charge is 2.36. The minimum atomic E-state index is -0.00442. The van der Waals surface area contributed by atoms with Crippen molar-refractivity contribution in [1.29, 1.82) is 0 Å². The molecule has 1 heterocycles. The largest absolute Gasteiger partial charge is 0.489 e. The van der Waals surface area contributed by atoms with Crippen LogP contribution >= 0.6 is 11.6 Å². The molecular weight excluding hydrogens is 298 g/mol. The summed E-state index contributed by atoms with van der Waals surface area (Å²) < 4.78 is 11.9. The molecule has 0 unspecified atom stereocenters. The highest BCUT2D eigenvalue weighted by Crippen LogP contribution is 2.46. The lowest BCUT2D eigenvalue weighted by molar-refractivity contribution is 0.140. The molecule has 1 saturated carbocycles. The average molecular weight is 324 g/mol. The number of hydrogen-bond acceptors (Lipinski definition) is 3. The Balaban J connectivity index is 1.99. The van der Waals surface area contributed by atoms with Crippen LogP contribution in [0.5, 0.6) is 11.5 Å². The Labute approximate surface area is 138 Å². The maximum absolute atomic E-state index is 6.60. The van der Waals surface area contributed by atoms with Crippen molar-refractivity contribution in [3.63, 3.8) is 0 Å². The molecule has 0 amide bonds. The minimum Gasteiger partial charge on any atom is -0.489 e. The summed E-state index contributed by atoms with van der Waals surface area (Å²) in [4.78, 5) is 0. The van der Waals surface area contributed by atoms with E-state index >= 15 is 0 Å². The molecule has 4 heteroatoms. The van der Waals surface area contributed by atoms with Crippen LogP contribution in [0.3, 0.4) is 0 Å². The van der Waals surface area contributed by atoms with Crippen molar-refractivity contribution < 1.29 is 9.47 Å². The summed E-state index contributed by atoms with van der Waals surface area (Å²) in [6.07, 6.45) is 5.94. The molecule has 2 aliphatic rings. The molecule has 0 atom stereocenters. The van der Waals surface area contributed by atoms with Gasteiger partial charge in [-0.05, 0) is 24.5 Å². The second-order valence-electron chi connectivity index (χ2n) is 7.57. The van der Waals surface area contributed by atoms with Gasteiger partial charge in [0.2, 0.25) is 0 Å². The van der Waals surface area contributed by atoms with Crippen LogP contribution in [0.25, 0.3) is 0 Å². The number of halogens is 1. The molecular formula is C18H26ClNO2. The Morgan fingerprint density at radius 1 is 1.05 bits per heavy atom. The fraction of sp³-hybridized carbons (Fsp3) is 0.667. The molecule has 1 aromatic rings. The lowest BCUT2D eigenvalue weighted by atomic mass is 9.69. The highest BCUT2D eigenvalue weighted by molar-refractivity contribution is 6.31. The van der Waals surface area contributed by atoms with E-state index in [4.69, 9.17) is 26.8 Å². The maximum Gasteiger partial charge on any atom is 0.162 e. The van der Waals surface area contributed by atoms with Crippen LogP contribution in [0.2, 0.25) is 5.02 Å². The second kappa shape index (κ2) is 5.93. The molecule has 0 aromatic heterocycles. The normalized spacial score (nSPS) is 22.9. The van der Waals surface area contributed by atoms with E-state index in [0.717, 1.165) is 34.9 Å². The van der Waals surface area contributed by atoms with E-state index in [9.17, 15) is 0 Å². The molecule has 1 fully saturated rings. The smallest absolute Gasteiger partial charge is 0.162 e. The van der Waals surface area contributed by atoms with Gasteiger partial charge < -0.3 is 15.2 Å². The van der Waals surface area contributed by atoms with E-state index in [1.165, 1.54) is 19.3 Å². The first-order valence-electron chi connectivity index (χ1n) is 8.26. The number of hydrogen-bond donors (Lipinski definition) is 1. The van der Waals surface area contributed by atoms with Crippen LogP contribution in [0.1, 0.15) is 51.5 Å². The van der Waals surface area contributed by atoms with Gasteiger partial charge >= 0.3 is 0 Å². The monoisotopic (exact) mass is 323 g/mol. The van der Waals surface area contributed by atoms with Crippen LogP contribution < -0.4 is 15.2 Å². The fourth-order valence-electron chi connectivity index (χ4n) is 3.57. The third kappa shape index (κ3) is 2.93. The Hall–Kier alpha value is -0.930. The van der Waals surface area contributed by atoms with Gasteiger partial charge in [0.05, 0.1) is 13.2 Å². The molecule has 1 aromatic carbocycles. The predicted molar refractivity (Wildman–Crippen MR) is 90.0 cm³/mol. The van der Waals surface area contributed by atoms with Crippen molar-refractivity contribution in [3.8, 4) is 11.5 Å². The SMILES string of the molecule is CC1(C)COc2cc(Cl)c(C3(CN)CCCCC3)cc2OC1. The van der Waals surface area contributed by atoms with E-state index in [0.29, 0.717) is 19.8 Å². The standard InChI is InChI=1S/C18H26ClNO2/c1-17(2)11-21-15-8-13(14(19)9-16(15)22-12-17)18(10-20)6-4-3-5-7-18/h8-9H,3-7,10-12,20H2,1-2H3. The Bertz CT molecular complexity index is 550. The topological polar surface area (TPSA) is 44.5 Å². The quantitative estimate of drug-likeness (QED) is 0.882. The van der Waals surface area contributed by atoms with Crippen molar-refractivity contribution in [1.82, 2.24) is 0 Å². The molecule has 0 spiro atoms. The van der Waals surface area contributed by atoms with Crippen molar-refractivity contribution in [3.05, 3.63) is 22.7 Å².